The van der Waals surface area contributed by atoms with Gasteiger partial charge >= 0.3 is 0 Å². The van der Waals surface area contributed by atoms with E-state index in [0.717, 1.165) is 70.9 Å². The smallest absolute Gasteiger partial charge is 0.143 e. The number of benzene rings is 7. The average Bonchev–Trinajstić information content (AvgIpc) is 3.42. The number of hydrogen-bond acceptors (Lipinski definition) is 1. The summed E-state index contributed by atoms with van der Waals surface area (Å²) in [6.07, 6.45) is 0. The van der Waals surface area contributed by atoms with Crippen LogP contribution in [0, 0.1) is 0 Å². The van der Waals surface area contributed by atoms with Gasteiger partial charge in [-0.25, -0.2) is 0 Å². The second-order valence-electron chi connectivity index (χ2n) is 10.7. The van der Waals surface area contributed by atoms with Crippen molar-refractivity contribution in [3.8, 4) is 22.3 Å². The van der Waals surface area contributed by atoms with E-state index in [2.05, 4.69) is 60.7 Å². The van der Waals surface area contributed by atoms with Crippen LogP contribution in [-0.2, 0) is 0 Å². The lowest BCUT2D eigenvalue weighted by Crippen LogP contribution is -2.55. The molecular formula is C36H17B5O. The average molecular weight is 520 g/mol. The highest BCUT2D eigenvalue weighted by molar-refractivity contribution is 6.69. The fourth-order valence-corrected chi connectivity index (χ4v) is 6.57. The summed E-state index contributed by atoms with van der Waals surface area (Å²) in [6, 6.07) is 35.4. The number of fused-ring (bicyclic) bond motifs is 7. The van der Waals surface area contributed by atoms with E-state index >= 15 is 0 Å². The van der Waals surface area contributed by atoms with Crippen LogP contribution in [0.1, 0.15) is 0 Å². The molecule has 1 nitrogen and oxygen atoms in total. The minimum absolute atomic E-state index is 0.199. The van der Waals surface area contributed by atoms with Gasteiger partial charge in [0, 0.05) is 16.2 Å². The van der Waals surface area contributed by atoms with Gasteiger partial charge in [-0.2, -0.15) is 0 Å². The zero-order valence-corrected chi connectivity index (χ0v) is 22.6. The van der Waals surface area contributed by atoms with Crippen LogP contribution in [0.25, 0.3) is 76.5 Å². The van der Waals surface area contributed by atoms with E-state index in [-0.39, 0.29) is 16.4 Å². The molecular weight excluding hydrogens is 502 g/mol. The van der Waals surface area contributed by atoms with Gasteiger partial charge in [-0.3, -0.25) is 0 Å². The van der Waals surface area contributed by atoms with Gasteiger partial charge in [0.2, 0.25) is 0 Å². The van der Waals surface area contributed by atoms with Gasteiger partial charge < -0.3 is 4.42 Å². The molecule has 8 rings (SSSR count). The molecule has 0 bridgehead atoms. The highest BCUT2D eigenvalue weighted by atomic mass is 16.3. The van der Waals surface area contributed by atoms with E-state index in [9.17, 15) is 0 Å². The summed E-state index contributed by atoms with van der Waals surface area (Å²) < 4.78 is 6.54. The molecule has 1 heterocycles. The molecule has 0 fully saturated rings. The normalized spacial score (nSPS) is 11.8. The first-order valence-corrected chi connectivity index (χ1v) is 13.7. The molecule has 1 aromatic heterocycles. The fraction of sp³-hybridized carbons (Fsp3) is 0. The molecule has 7 aromatic carbocycles. The van der Waals surface area contributed by atoms with Crippen molar-refractivity contribution < 1.29 is 4.42 Å². The third kappa shape index (κ3) is 3.39. The maximum absolute atomic E-state index is 6.63. The molecule has 0 N–H and O–H groups in total. The van der Waals surface area contributed by atoms with Crippen LogP contribution in [0.5, 0.6) is 0 Å². The van der Waals surface area contributed by atoms with Crippen molar-refractivity contribution in [1.82, 2.24) is 0 Å². The molecule has 0 saturated heterocycles. The molecule has 10 radical (unpaired) electrons. The molecule has 8 aromatic rings. The fourth-order valence-electron chi connectivity index (χ4n) is 6.57. The van der Waals surface area contributed by atoms with Crippen molar-refractivity contribution in [3.05, 3.63) is 103 Å². The van der Waals surface area contributed by atoms with Crippen LogP contribution in [0.3, 0.4) is 0 Å². The Labute approximate surface area is 250 Å². The van der Waals surface area contributed by atoms with E-state index in [1.54, 1.807) is 0 Å². The standard InChI is InChI=1S/C36H17B5O/c37-31-30(32(38)34(40)35(41)33(31)39)29-22-12-5-3-10-20(22)27(21-11-4-6-13-23(21)29)24-14-7-15-26-28(24)25-17-16-18-8-1-2-9-19(18)36(25)42-26/h1-17H. The van der Waals surface area contributed by atoms with Gasteiger partial charge in [0.25, 0.3) is 0 Å². The van der Waals surface area contributed by atoms with E-state index in [1.165, 1.54) is 0 Å². The van der Waals surface area contributed by atoms with Gasteiger partial charge in [0.05, 0.1) is 0 Å². The van der Waals surface area contributed by atoms with E-state index < -0.39 is 0 Å². The highest BCUT2D eigenvalue weighted by Gasteiger charge is 2.22. The molecule has 182 valence electrons. The lowest BCUT2D eigenvalue weighted by molar-refractivity contribution is 0.673. The Bertz CT molecular complexity index is 2340. The molecule has 0 saturated carbocycles. The maximum Gasteiger partial charge on any atom is 0.143 e. The van der Waals surface area contributed by atoms with Crippen molar-refractivity contribution >= 4 is 121 Å². The zero-order valence-electron chi connectivity index (χ0n) is 22.6. The summed E-state index contributed by atoms with van der Waals surface area (Å²) in [5.41, 5.74) is 6.66. The molecule has 0 aliphatic carbocycles. The van der Waals surface area contributed by atoms with Crippen molar-refractivity contribution in [2.24, 2.45) is 0 Å². The summed E-state index contributed by atoms with van der Waals surface area (Å²) in [6.45, 7) is 0. The molecule has 0 unspecified atom stereocenters. The summed E-state index contributed by atoms with van der Waals surface area (Å²) >= 11 is 0. The topological polar surface area (TPSA) is 13.1 Å². The Hall–Kier alpha value is -4.56. The first kappa shape index (κ1) is 25.2. The second-order valence-corrected chi connectivity index (χ2v) is 10.7. The van der Waals surface area contributed by atoms with Gasteiger partial charge in [0.1, 0.15) is 50.4 Å². The Balaban J connectivity index is 1.57. The number of furan rings is 1. The van der Waals surface area contributed by atoms with Crippen molar-refractivity contribution in [3.63, 3.8) is 0 Å². The first-order valence-electron chi connectivity index (χ1n) is 13.7. The highest BCUT2D eigenvalue weighted by Crippen LogP contribution is 2.46. The Morgan fingerprint density at radius 3 is 1.52 bits per heavy atom. The Morgan fingerprint density at radius 2 is 0.905 bits per heavy atom. The number of rotatable bonds is 2. The maximum atomic E-state index is 6.63. The van der Waals surface area contributed by atoms with Gasteiger partial charge in [-0.1, -0.05) is 102 Å². The zero-order chi connectivity index (χ0) is 28.7. The predicted octanol–water partition coefficient (Wildman–Crippen LogP) is 4.35. The van der Waals surface area contributed by atoms with Crippen LogP contribution in [-0.4, -0.2) is 39.2 Å². The van der Waals surface area contributed by atoms with Crippen LogP contribution < -0.4 is 27.3 Å². The van der Waals surface area contributed by atoms with E-state index in [4.69, 9.17) is 43.6 Å². The van der Waals surface area contributed by atoms with Gasteiger partial charge in [-0.05, 0) is 61.3 Å². The molecule has 0 amide bonds. The third-order valence-corrected chi connectivity index (χ3v) is 8.54. The lowest BCUT2D eigenvalue weighted by atomic mass is 9.59. The van der Waals surface area contributed by atoms with Crippen molar-refractivity contribution in [2.75, 3.05) is 0 Å². The van der Waals surface area contributed by atoms with E-state index in [1.807, 2.05) is 42.5 Å². The third-order valence-electron chi connectivity index (χ3n) is 8.54. The molecule has 0 aliphatic heterocycles. The van der Waals surface area contributed by atoms with Gasteiger partial charge in [-0.15, -0.1) is 16.4 Å². The van der Waals surface area contributed by atoms with Crippen molar-refractivity contribution in [1.29, 1.82) is 0 Å². The second kappa shape index (κ2) is 9.23. The quantitative estimate of drug-likeness (QED) is 0.245. The number of hydrogen-bond donors (Lipinski definition) is 0. The van der Waals surface area contributed by atoms with Gasteiger partial charge in [0.15, 0.2) is 0 Å². The van der Waals surface area contributed by atoms with Crippen LogP contribution in [0.4, 0.5) is 0 Å². The minimum atomic E-state index is 0.199. The minimum Gasteiger partial charge on any atom is -0.455 e. The first-order chi connectivity index (χ1) is 20.5. The molecule has 0 spiro atoms. The SMILES string of the molecule is [B]c1c([B])c([B])c(-c2c3ccccc3c(-c3cccc4oc5c6ccccc6ccc5c34)c3ccccc23)c([B])c1[B]. The molecule has 0 aliphatic rings. The summed E-state index contributed by atoms with van der Waals surface area (Å²) in [5.74, 6) is 0. The summed E-state index contributed by atoms with van der Waals surface area (Å²) in [5, 5.41) is 8.41. The van der Waals surface area contributed by atoms with Crippen LogP contribution in [0.2, 0.25) is 0 Å². The molecule has 42 heavy (non-hydrogen) atoms. The molecule has 6 heteroatoms. The van der Waals surface area contributed by atoms with Crippen LogP contribution >= 0.6 is 0 Å². The summed E-state index contributed by atoms with van der Waals surface area (Å²) in [7, 11) is 32.1. The largest absolute Gasteiger partial charge is 0.455 e. The van der Waals surface area contributed by atoms with E-state index in [0.29, 0.717) is 16.5 Å². The summed E-state index contributed by atoms with van der Waals surface area (Å²) in [4.78, 5) is 0. The van der Waals surface area contributed by atoms with Crippen LogP contribution in [0.15, 0.2) is 108 Å². The Kier molecular flexibility index (Phi) is 5.53. The molecule has 0 atom stereocenters. The lowest BCUT2D eigenvalue weighted by Gasteiger charge is -2.25. The Morgan fingerprint density at radius 1 is 0.381 bits per heavy atom. The van der Waals surface area contributed by atoms with Crippen molar-refractivity contribution in [2.45, 2.75) is 0 Å². The monoisotopic (exact) mass is 520 g/mol. The predicted molar refractivity (Wildman–Crippen MR) is 184 cm³/mol.